The smallest absolute Gasteiger partial charge is 0.325 e. The van der Waals surface area contributed by atoms with E-state index in [0.717, 1.165) is 5.69 Å². The van der Waals surface area contributed by atoms with Crippen LogP contribution in [0.4, 0.5) is 0 Å². The van der Waals surface area contributed by atoms with Gasteiger partial charge in [0.1, 0.15) is 23.7 Å². The van der Waals surface area contributed by atoms with Crippen LogP contribution in [0, 0.1) is 0 Å². The molecule has 0 bridgehead atoms. The maximum Gasteiger partial charge on any atom is 0.325 e. The van der Waals surface area contributed by atoms with E-state index in [-0.39, 0.29) is 12.6 Å². The number of carbonyl (C=O) groups excluding carboxylic acids is 2. The van der Waals surface area contributed by atoms with E-state index in [4.69, 9.17) is 14.2 Å². The van der Waals surface area contributed by atoms with E-state index < -0.39 is 11.9 Å². The van der Waals surface area contributed by atoms with Crippen molar-refractivity contribution in [2.75, 3.05) is 20.8 Å². The zero-order valence-corrected chi connectivity index (χ0v) is 17.9. The SMILES string of the molecule is COc1ccc(-c2nn(-c3ccccc3)cc2C(=O)NCC(=O)OC(C)C)c(OC)c1. The van der Waals surface area contributed by atoms with Crippen molar-refractivity contribution in [3.63, 3.8) is 0 Å². The molecular weight excluding hydrogens is 398 g/mol. The summed E-state index contributed by atoms with van der Waals surface area (Å²) in [6, 6.07) is 14.7. The first-order valence-electron chi connectivity index (χ1n) is 9.78. The third kappa shape index (κ3) is 5.22. The van der Waals surface area contributed by atoms with Crippen molar-refractivity contribution >= 4 is 11.9 Å². The van der Waals surface area contributed by atoms with Crippen molar-refractivity contribution in [1.29, 1.82) is 0 Å². The number of hydrogen-bond donors (Lipinski definition) is 1. The molecule has 1 amide bonds. The van der Waals surface area contributed by atoms with Gasteiger partial charge in [-0.1, -0.05) is 18.2 Å². The molecular formula is C23H25N3O5. The number of benzene rings is 2. The maximum absolute atomic E-state index is 13.0. The Morgan fingerprint density at radius 2 is 1.81 bits per heavy atom. The molecule has 0 aliphatic heterocycles. The Hall–Kier alpha value is -3.81. The summed E-state index contributed by atoms with van der Waals surface area (Å²) in [6.07, 6.45) is 1.36. The quantitative estimate of drug-likeness (QED) is 0.560. The summed E-state index contributed by atoms with van der Waals surface area (Å²) in [4.78, 5) is 24.8. The Kier molecular flexibility index (Phi) is 6.92. The number of nitrogens with one attached hydrogen (secondary N) is 1. The summed E-state index contributed by atoms with van der Waals surface area (Å²) >= 11 is 0. The molecule has 0 spiro atoms. The molecule has 0 fully saturated rings. The highest BCUT2D eigenvalue weighted by atomic mass is 16.5. The van der Waals surface area contributed by atoms with E-state index in [1.165, 1.54) is 7.11 Å². The number of amides is 1. The Bertz CT molecular complexity index is 1060. The molecule has 8 heteroatoms. The van der Waals surface area contributed by atoms with E-state index in [9.17, 15) is 9.59 Å². The van der Waals surface area contributed by atoms with E-state index >= 15 is 0 Å². The summed E-state index contributed by atoms with van der Waals surface area (Å²) in [7, 11) is 3.10. The average Bonchev–Trinajstić information content (AvgIpc) is 3.22. The van der Waals surface area contributed by atoms with Crippen LogP contribution in [0.2, 0.25) is 0 Å². The molecule has 0 aliphatic rings. The largest absolute Gasteiger partial charge is 0.497 e. The Balaban J connectivity index is 2.00. The molecule has 0 radical (unpaired) electrons. The van der Waals surface area contributed by atoms with Crippen LogP contribution in [0.15, 0.2) is 54.7 Å². The van der Waals surface area contributed by atoms with Gasteiger partial charge < -0.3 is 19.5 Å². The second-order valence-corrected chi connectivity index (χ2v) is 6.96. The molecule has 0 atom stereocenters. The van der Waals surface area contributed by atoms with Crippen LogP contribution in [0.3, 0.4) is 0 Å². The standard InChI is InChI=1S/C23H25N3O5/c1-15(2)31-21(27)13-24-23(28)19-14-26(16-8-6-5-7-9-16)25-22(19)18-11-10-17(29-3)12-20(18)30-4/h5-12,14-15H,13H2,1-4H3,(H,24,28). The number of para-hydroxylation sites is 1. The maximum atomic E-state index is 13.0. The van der Waals surface area contributed by atoms with Gasteiger partial charge in [0, 0.05) is 17.8 Å². The third-order valence-corrected chi connectivity index (χ3v) is 4.40. The van der Waals surface area contributed by atoms with Crippen LogP contribution < -0.4 is 14.8 Å². The molecule has 1 aromatic heterocycles. The van der Waals surface area contributed by atoms with Gasteiger partial charge >= 0.3 is 5.97 Å². The molecule has 0 unspecified atom stereocenters. The fourth-order valence-electron chi connectivity index (χ4n) is 3.00. The predicted molar refractivity (Wildman–Crippen MR) is 116 cm³/mol. The highest BCUT2D eigenvalue weighted by Gasteiger charge is 2.22. The summed E-state index contributed by atoms with van der Waals surface area (Å²) < 4.78 is 17.4. The van der Waals surface area contributed by atoms with Crippen molar-refractivity contribution in [3.05, 3.63) is 60.3 Å². The molecule has 1 N–H and O–H groups in total. The minimum Gasteiger partial charge on any atom is -0.497 e. The van der Waals surface area contributed by atoms with Crippen LogP contribution >= 0.6 is 0 Å². The zero-order valence-electron chi connectivity index (χ0n) is 17.9. The van der Waals surface area contributed by atoms with E-state index in [2.05, 4.69) is 10.4 Å². The normalized spacial score (nSPS) is 10.6. The molecule has 0 saturated heterocycles. The van der Waals surface area contributed by atoms with Crippen molar-refractivity contribution < 1.29 is 23.8 Å². The van der Waals surface area contributed by atoms with E-state index in [0.29, 0.717) is 28.3 Å². The van der Waals surface area contributed by atoms with Gasteiger partial charge in [0.05, 0.1) is 31.6 Å². The number of ether oxygens (including phenoxy) is 3. The molecule has 0 saturated carbocycles. The first-order chi connectivity index (χ1) is 14.9. The fourth-order valence-corrected chi connectivity index (χ4v) is 3.00. The minimum atomic E-state index is -0.512. The van der Waals surface area contributed by atoms with E-state index in [1.54, 1.807) is 50.0 Å². The average molecular weight is 423 g/mol. The highest BCUT2D eigenvalue weighted by Crippen LogP contribution is 2.34. The molecule has 2 aromatic carbocycles. The Labute approximate surface area is 180 Å². The number of aromatic nitrogens is 2. The Morgan fingerprint density at radius 1 is 1.06 bits per heavy atom. The molecule has 8 nitrogen and oxygen atoms in total. The summed E-state index contributed by atoms with van der Waals surface area (Å²) in [5, 5.41) is 7.24. The van der Waals surface area contributed by atoms with E-state index in [1.807, 2.05) is 30.3 Å². The van der Waals surface area contributed by atoms with Crippen molar-refractivity contribution in [2.45, 2.75) is 20.0 Å². The predicted octanol–water partition coefficient (Wildman–Crippen LogP) is 3.24. The van der Waals surface area contributed by atoms with Gasteiger partial charge in [-0.3, -0.25) is 9.59 Å². The Morgan fingerprint density at radius 3 is 2.45 bits per heavy atom. The number of hydrogen-bond acceptors (Lipinski definition) is 6. The number of nitrogens with zero attached hydrogens (tertiary/aromatic N) is 2. The minimum absolute atomic E-state index is 0.243. The molecule has 3 aromatic rings. The molecule has 31 heavy (non-hydrogen) atoms. The highest BCUT2D eigenvalue weighted by molar-refractivity contribution is 6.01. The van der Waals surface area contributed by atoms with Gasteiger partial charge in [0.2, 0.25) is 0 Å². The van der Waals surface area contributed by atoms with Gasteiger partial charge in [0.15, 0.2) is 0 Å². The first-order valence-corrected chi connectivity index (χ1v) is 9.78. The monoisotopic (exact) mass is 423 g/mol. The lowest BCUT2D eigenvalue weighted by Crippen LogP contribution is -2.31. The topological polar surface area (TPSA) is 91.7 Å². The zero-order chi connectivity index (χ0) is 22.4. The number of esters is 1. The summed E-state index contributed by atoms with van der Waals surface area (Å²) in [6.45, 7) is 3.25. The lowest BCUT2D eigenvalue weighted by molar-refractivity contribution is -0.146. The third-order valence-electron chi connectivity index (χ3n) is 4.40. The lowest BCUT2D eigenvalue weighted by atomic mass is 10.1. The molecule has 1 heterocycles. The van der Waals surface area contributed by atoms with Crippen molar-refractivity contribution in [2.24, 2.45) is 0 Å². The molecule has 0 aliphatic carbocycles. The van der Waals surface area contributed by atoms with Gasteiger partial charge in [0.25, 0.3) is 5.91 Å². The summed E-state index contributed by atoms with van der Waals surface area (Å²) in [5.74, 6) is 0.162. The van der Waals surface area contributed by atoms with Crippen LogP contribution in [-0.4, -0.2) is 48.5 Å². The van der Waals surface area contributed by atoms with Crippen LogP contribution in [0.1, 0.15) is 24.2 Å². The fraction of sp³-hybridized carbons (Fsp3) is 0.261. The molecule has 3 rings (SSSR count). The summed E-state index contributed by atoms with van der Waals surface area (Å²) in [5.41, 5.74) is 2.12. The van der Waals surface area contributed by atoms with Gasteiger partial charge in [-0.25, -0.2) is 4.68 Å². The van der Waals surface area contributed by atoms with Crippen LogP contribution in [-0.2, 0) is 9.53 Å². The van der Waals surface area contributed by atoms with Crippen LogP contribution in [0.25, 0.3) is 16.9 Å². The lowest BCUT2D eigenvalue weighted by Gasteiger charge is -2.11. The number of rotatable bonds is 8. The molecule has 162 valence electrons. The van der Waals surface area contributed by atoms with Crippen LogP contribution in [0.5, 0.6) is 11.5 Å². The van der Waals surface area contributed by atoms with Gasteiger partial charge in [-0.15, -0.1) is 0 Å². The second-order valence-electron chi connectivity index (χ2n) is 6.96. The number of methoxy groups -OCH3 is 2. The van der Waals surface area contributed by atoms with Gasteiger partial charge in [-0.2, -0.15) is 5.10 Å². The first kappa shape index (κ1) is 21.9. The van der Waals surface area contributed by atoms with Gasteiger partial charge in [-0.05, 0) is 38.1 Å². The van der Waals surface area contributed by atoms with Crippen molar-refractivity contribution in [1.82, 2.24) is 15.1 Å². The number of carbonyl (C=O) groups is 2. The van der Waals surface area contributed by atoms with Crippen molar-refractivity contribution in [3.8, 4) is 28.4 Å². The second kappa shape index (κ2) is 9.80.